The number of aromatic nitrogens is 3. The Hall–Kier alpha value is -2.60. The minimum Gasteiger partial charge on any atom is -0.494 e. The van der Waals surface area contributed by atoms with Gasteiger partial charge in [0.15, 0.2) is 5.65 Å². The van der Waals surface area contributed by atoms with Crippen LogP contribution >= 0.6 is 11.6 Å². The molecule has 3 rings (SSSR count). The number of halogens is 1. The van der Waals surface area contributed by atoms with Crippen molar-refractivity contribution in [1.82, 2.24) is 14.8 Å². The van der Waals surface area contributed by atoms with Crippen molar-refractivity contribution in [3.05, 3.63) is 46.7 Å². The zero-order valence-corrected chi connectivity index (χ0v) is 15.8. The quantitative estimate of drug-likeness (QED) is 0.652. The van der Waals surface area contributed by atoms with Gasteiger partial charge in [0.2, 0.25) is 0 Å². The van der Waals surface area contributed by atoms with Crippen molar-refractivity contribution < 1.29 is 9.53 Å². The van der Waals surface area contributed by atoms with Gasteiger partial charge in [0.05, 0.1) is 28.3 Å². The van der Waals surface area contributed by atoms with E-state index in [1.54, 1.807) is 23.9 Å². The van der Waals surface area contributed by atoms with Crippen LogP contribution in [0, 0.1) is 6.92 Å². The smallest absolute Gasteiger partial charge is 0.258 e. The summed E-state index contributed by atoms with van der Waals surface area (Å²) in [5.41, 5.74) is 2.37. The van der Waals surface area contributed by atoms with Crippen LogP contribution in [0.1, 0.15) is 35.8 Å². The number of carbonyl (C=O) groups excluding carboxylic acids is 1. The highest BCUT2D eigenvalue weighted by Crippen LogP contribution is 2.28. The van der Waals surface area contributed by atoms with Crippen LogP contribution in [0.15, 0.2) is 30.5 Å². The molecule has 3 aromatic rings. The molecular formula is C19H21ClN4O2. The maximum absolute atomic E-state index is 12.6. The molecule has 0 unspecified atom stereocenters. The maximum Gasteiger partial charge on any atom is 0.258 e. The van der Waals surface area contributed by atoms with Crippen LogP contribution in [0.25, 0.3) is 11.0 Å². The Balaban J connectivity index is 1.77. The summed E-state index contributed by atoms with van der Waals surface area (Å²) in [6, 6.07) is 7.27. The van der Waals surface area contributed by atoms with Gasteiger partial charge in [-0.2, -0.15) is 5.10 Å². The number of carbonyl (C=O) groups is 1. The molecule has 0 aliphatic carbocycles. The second kappa shape index (κ2) is 7.74. The SMILES string of the molecule is CCCCOc1ccc(NC(=O)c2cnc3c(c(C)nn3C)c2Cl)cc1. The van der Waals surface area contributed by atoms with E-state index < -0.39 is 0 Å². The van der Waals surface area contributed by atoms with Crippen molar-refractivity contribution in [2.24, 2.45) is 7.05 Å². The monoisotopic (exact) mass is 372 g/mol. The average Bonchev–Trinajstić information content (AvgIpc) is 2.91. The van der Waals surface area contributed by atoms with E-state index in [0.717, 1.165) is 24.3 Å². The highest BCUT2D eigenvalue weighted by atomic mass is 35.5. The molecule has 2 aromatic heterocycles. The van der Waals surface area contributed by atoms with Gasteiger partial charge in [-0.25, -0.2) is 4.98 Å². The van der Waals surface area contributed by atoms with Gasteiger partial charge in [-0.15, -0.1) is 0 Å². The molecule has 0 fully saturated rings. The molecule has 6 nitrogen and oxygen atoms in total. The lowest BCUT2D eigenvalue weighted by Gasteiger charge is -2.09. The van der Waals surface area contributed by atoms with Gasteiger partial charge in [0, 0.05) is 18.9 Å². The van der Waals surface area contributed by atoms with Gasteiger partial charge in [0.25, 0.3) is 5.91 Å². The Morgan fingerprint density at radius 3 is 2.73 bits per heavy atom. The maximum atomic E-state index is 12.6. The van der Waals surface area contributed by atoms with Gasteiger partial charge >= 0.3 is 0 Å². The number of aryl methyl sites for hydroxylation is 2. The van der Waals surface area contributed by atoms with Gasteiger partial charge in [-0.1, -0.05) is 24.9 Å². The van der Waals surface area contributed by atoms with E-state index in [9.17, 15) is 4.79 Å². The lowest BCUT2D eigenvalue weighted by atomic mass is 10.2. The number of amides is 1. The first-order valence-electron chi connectivity index (χ1n) is 8.53. The molecule has 0 saturated carbocycles. The number of nitrogens with zero attached hydrogens (tertiary/aromatic N) is 3. The fourth-order valence-corrected chi connectivity index (χ4v) is 3.05. The lowest BCUT2D eigenvalue weighted by Crippen LogP contribution is -2.13. The number of hydrogen-bond donors (Lipinski definition) is 1. The van der Waals surface area contributed by atoms with E-state index in [1.807, 2.05) is 19.1 Å². The summed E-state index contributed by atoms with van der Waals surface area (Å²) < 4.78 is 7.27. The number of benzene rings is 1. The third-order valence-electron chi connectivity index (χ3n) is 4.09. The van der Waals surface area contributed by atoms with Crippen molar-refractivity contribution in [1.29, 1.82) is 0 Å². The van der Waals surface area contributed by atoms with Gasteiger partial charge < -0.3 is 10.1 Å². The Morgan fingerprint density at radius 1 is 1.31 bits per heavy atom. The number of rotatable bonds is 6. The first-order chi connectivity index (χ1) is 12.5. The Kier molecular flexibility index (Phi) is 5.42. The topological polar surface area (TPSA) is 69.0 Å². The Labute approximate surface area is 157 Å². The van der Waals surface area contributed by atoms with Crippen molar-refractivity contribution in [2.75, 3.05) is 11.9 Å². The summed E-state index contributed by atoms with van der Waals surface area (Å²) in [6.07, 6.45) is 3.58. The second-order valence-electron chi connectivity index (χ2n) is 6.07. The van der Waals surface area contributed by atoms with Gasteiger partial charge in [-0.05, 0) is 37.6 Å². The highest BCUT2D eigenvalue weighted by Gasteiger charge is 2.18. The van der Waals surface area contributed by atoms with E-state index in [0.29, 0.717) is 33.9 Å². The predicted molar refractivity (Wildman–Crippen MR) is 103 cm³/mol. The number of fused-ring (bicyclic) bond motifs is 1. The third-order valence-corrected chi connectivity index (χ3v) is 4.48. The second-order valence-corrected chi connectivity index (χ2v) is 6.45. The van der Waals surface area contributed by atoms with Crippen LogP contribution in [0.3, 0.4) is 0 Å². The molecule has 0 atom stereocenters. The zero-order chi connectivity index (χ0) is 18.7. The predicted octanol–water partition coefficient (Wildman–Crippen LogP) is 4.36. The van der Waals surface area contributed by atoms with E-state index in [1.165, 1.54) is 6.20 Å². The molecule has 1 aromatic carbocycles. The van der Waals surface area contributed by atoms with E-state index in [-0.39, 0.29) is 5.91 Å². The normalized spacial score (nSPS) is 10.9. The van der Waals surface area contributed by atoms with Crippen molar-refractivity contribution in [2.45, 2.75) is 26.7 Å². The van der Waals surface area contributed by atoms with Crippen molar-refractivity contribution >= 4 is 34.2 Å². The van der Waals surface area contributed by atoms with Crippen molar-refractivity contribution in [3.63, 3.8) is 0 Å². The summed E-state index contributed by atoms with van der Waals surface area (Å²) in [4.78, 5) is 16.9. The molecule has 0 aliphatic rings. The summed E-state index contributed by atoms with van der Waals surface area (Å²) in [7, 11) is 1.79. The summed E-state index contributed by atoms with van der Waals surface area (Å²) >= 11 is 6.44. The summed E-state index contributed by atoms with van der Waals surface area (Å²) in [5.74, 6) is 0.468. The van der Waals surface area contributed by atoms with Crippen LogP contribution in [0.4, 0.5) is 5.69 Å². The largest absolute Gasteiger partial charge is 0.494 e. The minimum absolute atomic E-state index is 0.313. The standard InChI is InChI=1S/C19H21ClN4O2/c1-4-5-10-26-14-8-6-13(7-9-14)22-19(25)15-11-21-18-16(17(15)20)12(2)23-24(18)3/h6-9,11H,4-5,10H2,1-3H3,(H,22,25). The molecule has 0 saturated heterocycles. The van der Waals surface area contributed by atoms with E-state index in [4.69, 9.17) is 16.3 Å². The summed E-state index contributed by atoms with van der Waals surface area (Å²) in [6.45, 7) is 4.65. The molecule has 0 spiro atoms. The molecular weight excluding hydrogens is 352 g/mol. The van der Waals surface area contributed by atoms with Gasteiger partial charge in [-0.3, -0.25) is 9.48 Å². The number of hydrogen-bond acceptors (Lipinski definition) is 4. The lowest BCUT2D eigenvalue weighted by molar-refractivity contribution is 0.102. The van der Waals surface area contributed by atoms with Crippen LogP contribution < -0.4 is 10.1 Å². The minimum atomic E-state index is -0.313. The number of nitrogens with one attached hydrogen (secondary N) is 1. The fraction of sp³-hybridized carbons (Fsp3) is 0.316. The van der Waals surface area contributed by atoms with E-state index >= 15 is 0 Å². The number of ether oxygens (including phenoxy) is 1. The Morgan fingerprint density at radius 2 is 2.04 bits per heavy atom. The number of unbranched alkanes of at least 4 members (excludes halogenated alkanes) is 1. The fourth-order valence-electron chi connectivity index (χ4n) is 2.69. The highest BCUT2D eigenvalue weighted by molar-refractivity contribution is 6.39. The average molecular weight is 373 g/mol. The molecule has 26 heavy (non-hydrogen) atoms. The van der Waals surface area contributed by atoms with Gasteiger partial charge in [0.1, 0.15) is 5.75 Å². The van der Waals surface area contributed by atoms with Crippen LogP contribution in [-0.2, 0) is 7.05 Å². The Bertz CT molecular complexity index is 935. The molecule has 2 heterocycles. The van der Waals surface area contributed by atoms with Crippen molar-refractivity contribution in [3.8, 4) is 5.75 Å². The van der Waals surface area contributed by atoms with Crippen LogP contribution in [-0.4, -0.2) is 27.3 Å². The molecule has 1 amide bonds. The third kappa shape index (κ3) is 3.65. The first kappa shape index (κ1) is 18.2. The molecule has 1 N–H and O–H groups in total. The molecule has 0 aliphatic heterocycles. The summed E-state index contributed by atoms with van der Waals surface area (Å²) in [5, 5.41) is 8.19. The molecule has 7 heteroatoms. The van der Waals surface area contributed by atoms with Crippen LogP contribution in [0.5, 0.6) is 5.75 Å². The zero-order valence-electron chi connectivity index (χ0n) is 15.0. The first-order valence-corrected chi connectivity index (χ1v) is 8.91. The number of pyridine rings is 1. The molecule has 0 radical (unpaired) electrons. The number of anilines is 1. The molecule has 0 bridgehead atoms. The van der Waals surface area contributed by atoms with Crippen LogP contribution in [0.2, 0.25) is 5.02 Å². The molecule has 136 valence electrons. The van der Waals surface area contributed by atoms with E-state index in [2.05, 4.69) is 22.3 Å².